The van der Waals surface area contributed by atoms with Gasteiger partial charge in [0, 0.05) is 91.1 Å². The van der Waals surface area contributed by atoms with E-state index in [1.807, 2.05) is 0 Å². The summed E-state index contributed by atoms with van der Waals surface area (Å²) in [5, 5.41) is 35.2. The summed E-state index contributed by atoms with van der Waals surface area (Å²) in [6.07, 6.45) is 1.84. The molecule has 0 aromatic carbocycles. The SMILES string of the molecule is N#CCCN(CCN)CCN(CCC#N)CCN(CCC#N)CCC#N. The van der Waals surface area contributed by atoms with Crippen LogP contribution in [0.3, 0.4) is 0 Å². The van der Waals surface area contributed by atoms with Gasteiger partial charge in [-0.15, -0.1) is 0 Å². The van der Waals surface area contributed by atoms with E-state index >= 15 is 0 Å². The van der Waals surface area contributed by atoms with Crippen molar-refractivity contribution in [1.29, 1.82) is 21.0 Å². The second-order valence-electron chi connectivity index (χ2n) is 5.95. The molecule has 0 heterocycles. The maximum atomic E-state index is 8.88. The molecule has 8 nitrogen and oxygen atoms in total. The summed E-state index contributed by atoms with van der Waals surface area (Å²) >= 11 is 0. The van der Waals surface area contributed by atoms with Gasteiger partial charge in [0.05, 0.1) is 24.3 Å². The molecule has 0 radical (unpaired) electrons. The smallest absolute Gasteiger partial charge is 0.0635 e. The fourth-order valence-corrected chi connectivity index (χ4v) is 2.59. The fraction of sp³-hybridized carbons (Fsp3) is 0.778. The van der Waals surface area contributed by atoms with Crippen molar-refractivity contribution >= 4 is 0 Å². The monoisotopic (exact) mass is 358 g/mol. The zero-order chi connectivity index (χ0) is 19.5. The van der Waals surface area contributed by atoms with Crippen LogP contribution in [0.5, 0.6) is 0 Å². The maximum absolute atomic E-state index is 8.88. The Morgan fingerprint density at radius 2 is 0.731 bits per heavy atom. The number of nitriles is 4. The highest BCUT2D eigenvalue weighted by atomic mass is 15.2. The highest BCUT2D eigenvalue weighted by molar-refractivity contribution is 4.79. The van der Waals surface area contributed by atoms with Crippen LogP contribution in [-0.2, 0) is 0 Å². The normalized spacial score (nSPS) is 10.5. The van der Waals surface area contributed by atoms with Crippen LogP contribution in [0.2, 0.25) is 0 Å². The van der Waals surface area contributed by atoms with Crippen LogP contribution in [0.25, 0.3) is 0 Å². The van der Waals surface area contributed by atoms with E-state index in [4.69, 9.17) is 26.8 Å². The first-order valence-corrected chi connectivity index (χ1v) is 9.06. The topological polar surface area (TPSA) is 131 Å². The van der Waals surface area contributed by atoms with E-state index in [1.54, 1.807) is 0 Å². The van der Waals surface area contributed by atoms with Gasteiger partial charge in [-0.3, -0.25) is 9.80 Å². The van der Waals surface area contributed by atoms with E-state index in [1.165, 1.54) is 0 Å². The zero-order valence-electron chi connectivity index (χ0n) is 15.6. The van der Waals surface area contributed by atoms with Gasteiger partial charge >= 0.3 is 0 Å². The molecule has 0 aliphatic heterocycles. The Balaban J connectivity index is 4.55. The molecule has 0 spiro atoms. The van der Waals surface area contributed by atoms with Crippen LogP contribution in [-0.4, -0.2) is 80.1 Å². The van der Waals surface area contributed by atoms with E-state index in [0.29, 0.717) is 58.4 Å². The third-order valence-corrected chi connectivity index (χ3v) is 4.07. The fourth-order valence-electron chi connectivity index (χ4n) is 2.59. The average Bonchev–Trinajstić information content (AvgIpc) is 2.66. The van der Waals surface area contributed by atoms with E-state index in [9.17, 15) is 0 Å². The van der Waals surface area contributed by atoms with E-state index < -0.39 is 0 Å². The Morgan fingerprint density at radius 1 is 0.462 bits per heavy atom. The molecule has 0 unspecified atom stereocenters. The van der Waals surface area contributed by atoms with Crippen molar-refractivity contribution in [2.45, 2.75) is 25.7 Å². The molecule has 0 rings (SSSR count). The summed E-state index contributed by atoms with van der Waals surface area (Å²) in [6.45, 7) is 7.18. The second kappa shape index (κ2) is 17.6. The highest BCUT2D eigenvalue weighted by Crippen LogP contribution is 1.99. The first-order valence-electron chi connectivity index (χ1n) is 9.06. The predicted molar refractivity (Wildman–Crippen MR) is 99.3 cm³/mol. The zero-order valence-corrected chi connectivity index (χ0v) is 15.6. The lowest BCUT2D eigenvalue weighted by Crippen LogP contribution is -2.41. The lowest BCUT2D eigenvalue weighted by molar-refractivity contribution is 0.181. The van der Waals surface area contributed by atoms with Crippen molar-refractivity contribution < 1.29 is 0 Å². The van der Waals surface area contributed by atoms with Gasteiger partial charge in [0.25, 0.3) is 0 Å². The van der Waals surface area contributed by atoms with Gasteiger partial charge in [-0.1, -0.05) is 0 Å². The van der Waals surface area contributed by atoms with Crippen LogP contribution in [0.4, 0.5) is 0 Å². The quantitative estimate of drug-likeness (QED) is 0.422. The van der Waals surface area contributed by atoms with Crippen molar-refractivity contribution in [3.63, 3.8) is 0 Å². The standard InChI is InChI=1S/C18H30N8/c19-5-1-10-24(11-2-6-20)15-17-26(13-4-8-22)18-16-25(14-9-23)12-3-7-21/h1-4,9-18,23H2. The number of hydrogen-bond acceptors (Lipinski definition) is 8. The minimum atomic E-state index is 0.446. The molecule has 8 heteroatoms. The van der Waals surface area contributed by atoms with Gasteiger partial charge in [0.1, 0.15) is 0 Å². The minimum Gasteiger partial charge on any atom is -0.329 e. The summed E-state index contributed by atoms with van der Waals surface area (Å²) in [6, 6.07) is 8.63. The van der Waals surface area contributed by atoms with Gasteiger partial charge in [-0.05, 0) is 0 Å². The third kappa shape index (κ3) is 13.1. The molecular weight excluding hydrogens is 328 g/mol. The molecule has 142 valence electrons. The first kappa shape index (κ1) is 23.8. The van der Waals surface area contributed by atoms with Crippen LogP contribution in [0.15, 0.2) is 0 Å². The van der Waals surface area contributed by atoms with E-state index in [-0.39, 0.29) is 0 Å². The van der Waals surface area contributed by atoms with Gasteiger partial charge in [0.2, 0.25) is 0 Å². The molecule has 0 aliphatic carbocycles. The van der Waals surface area contributed by atoms with Crippen molar-refractivity contribution in [3.05, 3.63) is 0 Å². The number of nitrogens with zero attached hydrogens (tertiary/aromatic N) is 7. The lowest BCUT2D eigenvalue weighted by Gasteiger charge is -2.29. The molecule has 0 bridgehead atoms. The molecule has 0 atom stereocenters. The molecule has 0 aromatic heterocycles. The molecule has 0 fully saturated rings. The molecule has 0 amide bonds. The van der Waals surface area contributed by atoms with E-state index in [0.717, 1.165) is 32.7 Å². The van der Waals surface area contributed by atoms with E-state index in [2.05, 4.69) is 39.0 Å². The summed E-state index contributed by atoms with van der Waals surface area (Å²) in [7, 11) is 0. The van der Waals surface area contributed by atoms with Crippen LogP contribution >= 0.6 is 0 Å². The first-order chi connectivity index (χ1) is 12.7. The molecule has 0 saturated heterocycles. The Bertz CT molecular complexity index is 489. The summed E-state index contributed by atoms with van der Waals surface area (Å²) in [5.41, 5.74) is 5.64. The summed E-state index contributed by atoms with van der Waals surface area (Å²) < 4.78 is 0. The second-order valence-corrected chi connectivity index (χ2v) is 5.95. The average molecular weight is 358 g/mol. The molecule has 0 aromatic rings. The Labute approximate surface area is 157 Å². The summed E-state index contributed by atoms with van der Waals surface area (Å²) in [4.78, 5) is 6.52. The van der Waals surface area contributed by atoms with Gasteiger partial charge in [-0.2, -0.15) is 21.0 Å². The third-order valence-electron chi connectivity index (χ3n) is 4.07. The van der Waals surface area contributed by atoms with Crippen molar-refractivity contribution in [3.8, 4) is 24.3 Å². The van der Waals surface area contributed by atoms with Crippen molar-refractivity contribution in [2.24, 2.45) is 5.73 Å². The Hall–Kier alpha value is -2.20. The predicted octanol–water partition coefficient (Wildman–Crippen LogP) is 0.506. The Kier molecular flexibility index (Phi) is 16.1. The van der Waals surface area contributed by atoms with Crippen LogP contribution in [0, 0.1) is 45.3 Å². The minimum absolute atomic E-state index is 0.446. The van der Waals surface area contributed by atoms with Gasteiger partial charge < -0.3 is 10.6 Å². The lowest BCUT2D eigenvalue weighted by atomic mass is 10.3. The van der Waals surface area contributed by atoms with Crippen LogP contribution in [0.1, 0.15) is 25.7 Å². The molecule has 2 N–H and O–H groups in total. The van der Waals surface area contributed by atoms with Crippen molar-refractivity contribution in [2.75, 3.05) is 65.4 Å². The van der Waals surface area contributed by atoms with Gasteiger partial charge in [0.15, 0.2) is 0 Å². The van der Waals surface area contributed by atoms with Crippen LogP contribution < -0.4 is 5.73 Å². The molecular formula is C18H30N8. The number of nitrogens with two attached hydrogens (primary N) is 1. The largest absolute Gasteiger partial charge is 0.329 e. The highest BCUT2D eigenvalue weighted by Gasteiger charge is 2.11. The van der Waals surface area contributed by atoms with Gasteiger partial charge in [-0.25, -0.2) is 0 Å². The maximum Gasteiger partial charge on any atom is 0.0635 e. The number of rotatable bonds is 16. The molecule has 26 heavy (non-hydrogen) atoms. The number of hydrogen-bond donors (Lipinski definition) is 1. The molecule has 0 saturated carbocycles. The molecule has 0 aliphatic rings. The Morgan fingerprint density at radius 3 is 1.00 bits per heavy atom. The summed E-state index contributed by atoms with van der Waals surface area (Å²) in [5.74, 6) is 0. The van der Waals surface area contributed by atoms with Crippen molar-refractivity contribution in [1.82, 2.24) is 14.7 Å².